The summed E-state index contributed by atoms with van der Waals surface area (Å²) in [6.45, 7) is 7.14. The summed E-state index contributed by atoms with van der Waals surface area (Å²) in [5, 5.41) is 20.7. The summed E-state index contributed by atoms with van der Waals surface area (Å²) < 4.78 is 12.9. The van der Waals surface area contributed by atoms with E-state index >= 15 is 0 Å². The van der Waals surface area contributed by atoms with E-state index in [1.54, 1.807) is 17.4 Å². The van der Waals surface area contributed by atoms with Crippen LogP contribution in [0.1, 0.15) is 63.9 Å². The van der Waals surface area contributed by atoms with Crippen molar-refractivity contribution in [2.75, 3.05) is 39.4 Å². The molecule has 11 heteroatoms. The van der Waals surface area contributed by atoms with Crippen LogP contribution in [0.5, 0.6) is 11.5 Å². The van der Waals surface area contributed by atoms with Gasteiger partial charge in [0, 0.05) is 36.6 Å². The van der Waals surface area contributed by atoms with Gasteiger partial charge in [-0.2, -0.15) is 0 Å². The topological polar surface area (TPSA) is 115 Å². The number of benzene rings is 2. The number of piperidine rings is 1. The molecule has 234 valence electrons. The molecule has 1 amide bonds. The maximum Gasteiger partial charge on any atom is 0.305 e. The lowest BCUT2D eigenvalue weighted by molar-refractivity contribution is -0.127. The monoisotopic (exact) mass is 637 g/mol. The first kappa shape index (κ1) is 30.8. The smallest absolute Gasteiger partial charge is 0.305 e. The second-order valence-electron chi connectivity index (χ2n) is 11.8. The molecule has 2 fully saturated rings. The van der Waals surface area contributed by atoms with Crippen LogP contribution in [0.15, 0.2) is 53.3 Å². The maximum atomic E-state index is 13.1. The fourth-order valence-corrected chi connectivity index (χ4v) is 7.98. The fourth-order valence-electron chi connectivity index (χ4n) is 6.22. The zero-order valence-corrected chi connectivity index (χ0v) is 26.6. The number of nitrogens with zero attached hydrogens (tertiary/aromatic N) is 2. The molecule has 0 bridgehead atoms. The minimum atomic E-state index is -0.718. The lowest BCUT2D eigenvalue weighted by Gasteiger charge is -2.47. The first-order valence-corrected chi connectivity index (χ1v) is 16.9. The number of thiophene rings is 1. The number of hydrogen-bond acceptors (Lipinski definition) is 9. The summed E-state index contributed by atoms with van der Waals surface area (Å²) in [7, 11) is 0. The second kappa shape index (κ2) is 13.4. The molecule has 2 saturated heterocycles. The van der Waals surface area contributed by atoms with Crippen LogP contribution < -0.4 is 9.61 Å². The van der Waals surface area contributed by atoms with Crippen molar-refractivity contribution in [2.45, 2.75) is 57.3 Å². The van der Waals surface area contributed by atoms with Crippen LogP contribution >= 0.6 is 22.7 Å². The highest BCUT2D eigenvalue weighted by molar-refractivity contribution is 7.16. The van der Waals surface area contributed by atoms with Gasteiger partial charge in [-0.05, 0) is 74.9 Å². The molecule has 4 aromatic rings. The maximum absolute atomic E-state index is 13.1. The number of nitrogens with one attached hydrogen (secondary N) is 1. The number of H-pyrrole nitrogens is 1. The van der Waals surface area contributed by atoms with E-state index in [0.717, 1.165) is 72.2 Å². The van der Waals surface area contributed by atoms with Crippen molar-refractivity contribution in [3.05, 3.63) is 79.1 Å². The summed E-state index contributed by atoms with van der Waals surface area (Å²) >= 11 is 2.56. The molecule has 2 aromatic carbocycles. The highest BCUT2D eigenvalue weighted by atomic mass is 32.1. The number of ether oxygens (including phenoxy) is 2. The average Bonchev–Trinajstić information content (AvgIpc) is 3.64. The third-order valence-electron chi connectivity index (χ3n) is 8.65. The molecular weight excluding hydrogens is 599 g/mol. The predicted molar refractivity (Wildman–Crippen MR) is 173 cm³/mol. The minimum absolute atomic E-state index is 0.0110. The van der Waals surface area contributed by atoms with Crippen molar-refractivity contribution in [3.8, 4) is 11.5 Å². The SMILES string of the molecule is Cc1ccc(C(=O)N2CCOC3(CCN(Cc4cccc(OCCCC[C@H](O)c5ccc(O)c6[nH]c(=O)sc56)c4)CC3)C2)s1. The number of aliphatic hydroxyl groups excluding tert-OH is 1. The van der Waals surface area contributed by atoms with E-state index in [0.29, 0.717) is 48.5 Å². The second-order valence-corrected chi connectivity index (χ2v) is 14.1. The number of aryl methyl sites for hydroxylation is 1. The highest BCUT2D eigenvalue weighted by Gasteiger charge is 2.41. The Balaban J connectivity index is 0.941. The molecule has 2 aliphatic heterocycles. The summed E-state index contributed by atoms with van der Waals surface area (Å²) in [6, 6.07) is 15.4. The zero-order valence-electron chi connectivity index (χ0n) is 24.9. The van der Waals surface area contributed by atoms with Crippen LogP contribution in [-0.4, -0.2) is 75.9 Å². The number of aromatic hydroxyl groups is 1. The van der Waals surface area contributed by atoms with Gasteiger partial charge in [0.05, 0.1) is 41.0 Å². The Bertz CT molecular complexity index is 1650. The molecule has 3 N–H and O–H groups in total. The normalized spacial score (nSPS) is 17.7. The molecule has 0 radical (unpaired) electrons. The van der Waals surface area contributed by atoms with Gasteiger partial charge in [0.1, 0.15) is 17.0 Å². The van der Waals surface area contributed by atoms with Gasteiger partial charge < -0.3 is 29.6 Å². The van der Waals surface area contributed by atoms with Crippen molar-refractivity contribution in [2.24, 2.45) is 0 Å². The lowest BCUT2D eigenvalue weighted by Crippen LogP contribution is -2.57. The summed E-state index contributed by atoms with van der Waals surface area (Å²) in [5.74, 6) is 0.968. The van der Waals surface area contributed by atoms with E-state index in [9.17, 15) is 19.8 Å². The van der Waals surface area contributed by atoms with E-state index in [1.165, 1.54) is 11.6 Å². The number of thiazole rings is 1. The summed E-state index contributed by atoms with van der Waals surface area (Å²) in [4.78, 5) is 33.6. The van der Waals surface area contributed by atoms with Crippen LogP contribution in [0.3, 0.4) is 0 Å². The first-order valence-electron chi connectivity index (χ1n) is 15.3. The number of carbonyl (C=O) groups excluding carboxylic acids is 1. The van der Waals surface area contributed by atoms with E-state index in [1.807, 2.05) is 36.1 Å². The number of likely N-dealkylation sites (tertiary alicyclic amines) is 1. The number of carbonyl (C=O) groups is 1. The van der Waals surface area contributed by atoms with Crippen molar-refractivity contribution < 1.29 is 24.5 Å². The molecule has 1 atom stereocenters. The molecule has 9 nitrogen and oxygen atoms in total. The van der Waals surface area contributed by atoms with Gasteiger partial charge in [0.25, 0.3) is 5.91 Å². The number of rotatable bonds is 10. The van der Waals surface area contributed by atoms with Gasteiger partial charge >= 0.3 is 4.87 Å². The van der Waals surface area contributed by atoms with E-state index in [2.05, 4.69) is 22.0 Å². The van der Waals surface area contributed by atoms with Crippen molar-refractivity contribution in [3.63, 3.8) is 0 Å². The van der Waals surface area contributed by atoms with Crippen LogP contribution in [0.2, 0.25) is 0 Å². The Morgan fingerprint density at radius 1 is 1.11 bits per heavy atom. The Morgan fingerprint density at radius 2 is 1.95 bits per heavy atom. The van der Waals surface area contributed by atoms with E-state index in [-0.39, 0.29) is 22.1 Å². The molecule has 2 aliphatic rings. The Labute approximate surface area is 264 Å². The fraction of sp³-hybridized carbons (Fsp3) is 0.455. The van der Waals surface area contributed by atoms with Crippen molar-refractivity contribution in [1.82, 2.24) is 14.8 Å². The Hall–Kier alpha value is -3.22. The molecule has 0 unspecified atom stereocenters. The number of fused-ring (bicyclic) bond motifs is 1. The van der Waals surface area contributed by atoms with Gasteiger partial charge in [-0.15, -0.1) is 11.3 Å². The van der Waals surface area contributed by atoms with Crippen molar-refractivity contribution >= 4 is 38.8 Å². The quantitative estimate of drug-likeness (QED) is 0.198. The van der Waals surface area contributed by atoms with Crippen LogP contribution in [0.25, 0.3) is 10.2 Å². The van der Waals surface area contributed by atoms with Gasteiger partial charge in [-0.25, -0.2) is 0 Å². The number of hydrogen-bond donors (Lipinski definition) is 3. The standard InChI is InChI=1S/C33H39N3O6S2/c1-22-8-11-28(43-22)31(39)36-16-18-42-33(21-36)12-14-35(15-13-33)20-23-5-4-6-24(19-23)41-17-3-2-7-26(37)25-9-10-27(38)29-30(25)44-32(40)34-29/h4-6,8-11,19,26,37-38H,2-3,7,12-18,20-21H2,1H3,(H,34,40)/t26-/m0/s1. The van der Waals surface area contributed by atoms with Crippen LogP contribution in [-0.2, 0) is 11.3 Å². The third-order valence-corrected chi connectivity index (χ3v) is 10.6. The zero-order chi connectivity index (χ0) is 30.7. The molecule has 0 aliphatic carbocycles. The lowest BCUT2D eigenvalue weighted by atomic mass is 9.89. The van der Waals surface area contributed by atoms with Gasteiger partial charge in [-0.1, -0.05) is 29.5 Å². The Morgan fingerprint density at radius 3 is 2.75 bits per heavy atom. The van der Waals surface area contributed by atoms with Gasteiger partial charge in [0.15, 0.2) is 0 Å². The number of amides is 1. The number of aliphatic hydroxyl groups is 1. The third kappa shape index (κ3) is 7.02. The molecule has 4 heterocycles. The summed E-state index contributed by atoms with van der Waals surface area (Å²) in [5.41, 5.74) is 1.98. The van der Waals surface area contributed by atoms with Gasteiger partial charge in [0.2, 0.25) is 0 Å². The number of phenolic OH excluding ortho intramolecular Hbond substituents is 1. The first-order chi connectivity index (χ1) is 21.3. The number of morpholine rings is 1. The highest BCUT2D eigenvalue weighted by Crippen LogP contribution is 2.34. The van der Waals surface area contributed by atoms with E-state index < -0.39 is 6.10 Å². The summed E-state index contributed by atoms with van der Waals surface area (Å²) in [6.07, 6.45) is 3.17. The Kier molecular flexibility index (Phi) is 9.39. The largest absolute Gasteiger partial charge is 0.506 e. The van der Waals surface area contributed by atoms with Crippen molar-refractivity contribution in [1.29, 1.82) is 0 Å². The van der Waals surface area contributed by atoms with Crippen LogP contribution in [0, 0.1) is 6.92 Å². The predicted octanol–water partition coefficient (Wildman–Crippen LogP) is 5.46. The average molecular weight is 638 g/mol. The molecule has 44 heavy (non-hydrogen) atoms. The molecular formula is C33H39N3O6S2. The van der Waals surface area contributed by atoms with E-state index in [4.69, 9.17) is 9.47 Å². The molecule has 6 rings (SSSR count). The minimum Gasteiger partial charge on any atom is -0.506 e. The number of aromatic amines is 1. The molecule has 1 spiro atoms. The number of phenols is 1. The number of unbranched alkanes of at least 4 members (excludes halogenated alkanes) is 1. The van der Waals surface area contributed by atoms with Crippen LogP contribution in [0.4, 0.5) is 0 Å². The molecule has 0 saturated carbocycles. The van der Waals surface area contributed by atoms with Gasteiger partial charge in [-0.3, -0.25) is 14.5 Å². The molecule has 2 aromatic heterocycles. The number of aromatic nitrogens is 1.